The van der Waals surface area contributed by atoms with Crippen molar-refractivity contribution in [2.75, 3.05) is 20.3 Å². The number of fused-ring (bicyclic) bond motifs is 1. The molecular formula is C17H25NO3. The van der Waals surface area contributed by atoms with Crippen LogP contribution >= 0.6 is 0 Å². The number of methoxy groups -OCH3 is 1. The molecule has 4 heteroatoms. The lowest BCUT2D eigenvalue weighted by atomic mass is 9.90. The normalized spacial score (nSPS) is 29.6. The van der Waals surface area contributed by atoms with Gasteiger partial charge in [-0.15, -0.1) is 0 Å². The fraction of sp³-hybridized carbons (Fsp3) is 0.647. The van der Waals surface area contributed by atoms with Crippen LogP contribution in [-0.4, -0.2) is 42.4 Å². The van der Waals surface area contributed by atoms with Gasteiger partial charge in [0.2, 0.25) is 0 Å². The SMILES string of the molecule is CCC1CCCCN1C1c2cccc(OC)c2OCC1O. The highest BCUT2D eigenvalue weighted by molar-refractivity contribution is 5.49. The Morgan fingerprint density at radius 1 is 1.38 bits per heavy atom. The molecule has 2 aliphatic rings. The van der Waals surface area contributed by atoms with Crippen LogP contribution in [-0.2, 0) is 0 Å². The molecule has 2 heterocycles. The molecule has 2 aliphatic heterocycles. The lowest BCUT2D eigenvalue weighted by Crippen LogP contribution is -2.48. The largest absolute Gasteiger partial charge is 0.493 e. The zero-order valence-corrected chi connectivity index (χ0v) is 12.9. The molecule has 0 amide bonds. The average Bonchev–Trinajstić information content (AvgIpc) is 2.54. The molecule has 4 nitrogen and oxygen atoms in total. The Kier molecular flexibility index (Phi) is 4.36. The first-order chi connectivity index (χ1) is 10.3. The van der Waals surface area contributed by atoms with Crippen molar-refractivity contribution in [1.29, 1.82) is 0 Å². The van der Waals surface area contributed by atoms with Crippen LogP contribution in [0.1, 0.15) is 44.2 Å². The van der Waals surface area contributed by atoms with Crippen molar-refractivity contribution in [3.05, 3.63) is 23.8 Å². The summed E-state index contributed by atoms with van der Waals surface area (Å²) in [6.07, 6.45) is 4.37. The summed E-state index contributed by atoms with van der Waals surface area (Å²) in [6, 6.07) is 6.54. The van der Waals surface area contributed by atoms with Gasteiger partial charge in [0.15, 0.2) is 11.5 Å². The minimum atomic E-state index is -0.475. The minimum Gasteiger partial charge on any atom is -0.493 e. The minimum absolute atomic E-state index is 0.0223. The summed E-state index contributed by atoms with van der Waals surface area (Å²) >= 11 is 0. The van der Waals surface area contributed by atoms with Crippen molar-refractivity contribution >= 4 is 0 Å². The van der Waals surface area contributed by atoms with E-state index in [1.54, 1.807) is 7.11 Å². The molecule has 3 unspecified atom stereocenters. The first-order valence-corrected chi connectivity index (χ1v) is 7.99. The predicted molar refractivity (Wildman–Crippen MR) is 81.9 cm³/mol. The van der Waals surface area contributed by atoms with Crippen LogP contribution in [0.15, 0.2) is 18.2 Å². The van der Waals surface area contributed by atoms with E-state index in [-0.39, 0.29) is 6.04 Å². The molecule has 0 aromatic heterocycles. The first-order valence-electron chi connectivity index (χ1n) is 7.99. The van der Waals surface area contributed by atoms with Gasteiger partial charge in [-0.3, -0.25) is 4.90 Å². The van der Waals surface area contributed by atoms with Crippen molar-refractivity contribution in [3.63, 3.8) is 0 Å². The molecule has 3 rings (SSSR count). The molecule has 0 radical (unpaired) electrons. The number of ether oxygens (including phenoxy) is 2. The molecule has 0 aliphatic carbocycles. The van der Waals surface area contributed by atoms with Crippen LogP contribution in [0.25, 0.3) is 0 Å². The number of nitrogens with zero attached hydrogens (tertiary/aromatic N) is 1. The van der Waals surface area contributed by atoms with Gasteiger partial charge in [-0.25, -0.2) is 0 Å². The van der Waals surface area contributed by atoms with Gasteiger partial charge >= 0.3 is 0 Å². The summed E-state index contributed by atoms with van der Waals surface area (Å²) in [6.45, 7) is 3.63. The van der Waals surface area contributed by atoms with E-state index in [0.717, 1.165) is 30.0 Å². The monoisotopic (exact) mass is 291 g/mol. The summed E-state index contributed by atoms with van der Waals surface area (Å²) in [5.74, 6) is 1.56. The van der Waals surface area contributed by atoms with Crippen LogP contribution in [0, 0.1) is 0 Å². The third-order valence-corrected chi connectivity index (χ3v) is 4.81. The number of para-hydroxylation sites is 1. The van der Waals surface area contributed by atoms with Gasteiger partial charge in [-0.05, 0) is 31.9 Å². The van der Waals surface area contributed by atoms with Gasteiger partial charge in [0.1, 0.15) is 12.7 Å². The number of benzene rings is 1. The Balaban J connectivity index is 1.98. The highest BCUT2D eigenvalue weighted by Gasteiger charge is 2.38. The van der Waals surface area contributed by atoms with Crippen molar-refractivity contribution in [2.24, 2.45) is 0 Å². The fourth-order valence-electron chi connectivity index (χ4n) is 3.78. The van der Waals surface area contributed by atoms with Crippen LogP contribution in [0.5, 0.6) is 11.5 Å². The number of hydrogen-bond acceptors (Lipinski definition) is 4. The molecule has 1 aromatic carbocycles. The molecule has 3 atom stereocenters. The molecule has 1 saturated heterocycles. The number of hydrogen-bond donors (Lipinski definition) is 1. The third-order valence-electron chi connectivity index (χ3n) is 4.81. The average molecular weight is 291 g/mol. The maximum absolute atomic E-state index is 10.5. The van der Waals surface area contributed by atoms with Crippen molar-refractivity contribution in [2.45, 2.75) is 50.8 Å². The van der Waals surface area contributed by atoms with E-state index < -0.39 is 6.10 Å². The molecule has 116 valence electrons. The molecule has 0 bridgehead atoms. The van der Waals surface area contributed by atoms with Crippen LogP contribution in [0.3, 0.4) is 0 Å². The second-order valence-corrected chi connectivity index (χ2v) is 6.00. The number of aliphatic hydroxyl groups is 1. The van der Waals surface area contributed by atoms with E-state index >= 15 is 0 Å². The Morgan fingerprint density at radius 3 is 3.00 bits per heavy atom. The second-order valence-electron chi connectivity index (χ2n) is 6.00. The first kappa shape index (κ1) is 14.7. The number of likely N-dealkylation sites (tertiary alicyclic amines) is 1. The highest BCUT2D eigenvalue weighted by Crippen LogP contribution is 2.43. The highest BCUT2D eigenvalue weighted by atomic mass is 16.5. The standard InChI is InChI=1S/C17H25NO3/c1-3-12-7-4-5-10-18(12)16-13-8-6-9-15(20-2)17(13)21-11-14(16)19/h6,8-9,12,14,16,19H,3-5,7,10-11H2,1-2H3. The molecule has 0 saturated carbocycles. The maximum atomic E-state index is 10.5. The molecule has 21 heavy (non-hydrogen) atoms. The van der Waals surface area contributed by atoms with Gasteiger partial charge in [-0.1, -0.05) is 25.5 Å². The van der Waals surface area contributed by atoms with E-state index in [1.165, 1.54) is 19.3 Å². The molecule has 0 spiro atoms. The van der Waals surface area contributed by atoms with Crippen molar-refractivity contribution in [3.8, 4) is 11.5 Å². The number of rotatable bonds is 3. The lowest BCUT2D eigenvalue weighted by molar-refractivity contribution is -0.0297. The van der Waals surface area contributed by atoms with Crippen molar-refractivity contribution < 1.29 is 14.6 Å². The maximum Gasteiger partial charge on any atom is 0.166 e. The fourth-order valence-corrected chi connectivity index (χ4v) is 3.78. The van der Waals surface area contributed by atoms with Crippen LogP contribution in [0.2, 0.25) is 0 Å². The summed E-state index contributed by atoms with van der Waals surface area (Å²) in [5, 5.41) is 10.5. The van der Waals surface area contributed by atoms with E-state index in [2.05, 4.69) is 17.9 Å². The Morgan fingerprint density at radius 2 is 2.24 bits per heavy atom. The van der Waals surface area contributed by atoms with E-state index in [0.29, 0.717) is 12.6 Å². The van der Waals surface area contributed by atoms with Gasteiger partial charge in [0.05, 0.1) is 13.2 Å². The lowest BCUT2D eigenvalue weighted by Gasteiger charge is -2.45. The van der Waals surface area contributed by atoms with E-state index in [4.69, 9.17) is 9.47 Å². The van der Waals surface area contributed by atoms with Crippen LogP contribution in [0.4, 0.5) is 0 Å². The van der Waals surface area contributed by atoms with Crippen LogP contribution < -0.4 is 9.47 Å². The topological polar surface area (TPSA) is 41.9 Å². The molecule has 1 aromatic rings. The molecule has 1 N–H and O–H groups in total. The van der Waals surface area contributed by atoms with Crippen molar-refractivity contribution in [1.82, 2.24) is 4.90 Å². The quantitative estimate of drug-likeness (QED) is 0.930. The van der Waals surface area contributed by atoms with Gasteiger partial charge < -0.3 is 14.6 Å². The van der Waals surface area contributed by atoms with E-state index in [1.807, 2.05) is 12.1 Å². The zero-order valence-electron chi connectivity index (χ0n) is 12.9. The second kappa shape index (κ2) is 6.24. The molecular weight excluding hydrogens is 266 g/mol. The van der Waals surface area contributed by atoms with Gasteiger partial charge in [-0.2, -0.15) is 0 Å². The van der Waals surface area contributed by atoms with Gasteiger partial charge in [0.25, 0.3) is 0 Å². The Hall–Kier alpha value is -1.26. The number of piperidine rings is 1. The summed E-state index contributed by atoms with van der Waals surface area (Å²) < 4.78 is 11.2. The predicted octanol–water partition coefficient (Wildman–Crippen LogP) is 2.75. The summed E-state index contributed by atoms with van der Waals surface area (Å²) in [5.41, 5.74) is 1.06. The van der Waals surface area contributed by atoms with E-state index in [9.17, 15) is 5.11 Å². The smallest absolute Gasteiger partial charge is 0.166 e. The number of aliphatic hydroxyl groups excluding tert-OH is 1. The van der Waals surface area contributed by atoms with Gasteiger partial charge in [0, 0.05) is 11.6 Å². The Labute approximate surface area is 126 Å². The summed E-state index contributed by atoms with van der Waals surface area (Å²) in [7, 11) is 1.66. The zero-order chi connectivity index (χ0) is 14.8. The molecule has 1 fully saturated rings. The Bertz CT molecular complexity index is 491. The summed E-state index contributed by atoms with van der Waals surface area (Å²) in [4.78, 5) is 2.48. The third kappa shape index (κ3) is 2.62.